The number of fused-ring (bicyclic) bond motifs is 1. The SMILES string of the molecule is CNc1ccc(-c2ccc3cc(I(C)OCCCF)ccc3c2)cc1. The van der Waals surface area contributed by atoms with E-state index in [0.717, 1.165) is 5.69 Å². The van der Waals surface area contributed by atoms with Crippen molar-refractivity contribution < 1.29 is 7.46 Å². The van der Waals surface area contributed by atoms with E-state index < -0.39 is 20.2 Å². The van der Waals surface area contributed by atoms with Crippen molar-refractivity contribution in [3.8, 4) is 11.1 Å². The van der Waals surface area contributed by atoms with Crippen LogP contribution >= 0.6 is 20.2 Å². The molecule has 0 saturated carbocycles. The Balaban J connectivity index is 1.82. The summed E-state index contributed by atoms with van der Waals surface area (Å²) in [6.07, 6.45) is 0.491. The summed E-state index contributed by atoms with van der Waals surface area (Å²) in [4.78, 5) is 2.17. The van der Waals surface area contributed by atoms with Crippen molar-refractivity contribution in [2.75, 3.05) is 30.6 Å². The fraction of sp³-hybridized carbons (Fsp3) is 0.238. The quantitative estimate of drug-likeness (QED) is 0.265. The molecular weight excluding hydrogens is 428 g/mol. The molecule has 0 unspecified atom stereocenters. The molecule has 0 bridgehead atoms. The molecule has 0 atom stereocenters. The first-order chi connectivity index (χ1) is 12.2. The van der Waals surface area contributed by atoms with Gasteiger partial charge in [-0.25, -0.2) is 0 Å². The first-order valence-electron chi connectivity index (χ1n) is 8.32. The zero-order chi connectivity index (χ0) is 17.6. The van der Waals surface area contributed by atoms with Crippen LogP contribution in [0.25, 0.3) is 21.9 Å². The van der Waals surface area contributed by atoms with E-state index in [4.69, 9.17) is 3.07 Å². The maximum absolute atomic E-state index is 12.2. The molecule has 0 aliphatic rings. The van der Waals surface area contributed by atoms with Crippen molar-refractivity contribution in [1.29, 1.82) is 0 Å². The Bertz CT molecular complexity index is 835. The predicted molar refractivity (Wildman–Crippen MR) is 114 cm³/mol. The molecule has 0 aliphatic heterocycles. The number of nitrogens with one attached hydrogen (secondary N) is 1. The van der Waals surface area contributed by atoms with Gasteiger partial charge in [0.1, 0.15) is 0 Å². The van der Waals surface area contributed by atoms with Gasteiger partial charge in [0.2, 0.25) is 0 Å². The zero-order valence-electron chi connectivity index (χ0n) is 14.6. The molecule has 1 N–H and O–H groups in total. The van der Waals surface area contributed by atoms with E-state index in [1.54, 1.807) is 0 Å². The third-order valence-corrected chi connectivity index (χ3v) is 7.94. The number of alkyl halides is 2. The molecule has 0 aliphatic carbocycles. The summed E-state index contributed by atoms with van der Waals surface area (Å²) >= 11 is -1.64. The van der Waals surface area contributed by atoms with Gasteiger partial charge in [0.15, 0.2) is 0 Å². The van der Waals surface area contributed by atoms with Gasteiger partial charge in [0, 0.05) is 0 Å². The molecule has 25 heavy (non-hydrogen) atoms. The predicted octanol–water partition coefficient (Wildman–Crippen LogP) is 6.15. The van der Waals surface area contributed by atoms with Gasteiger partial charge in [-0.1, -0.05) is 0 Å². The molecule has 3 aromatic carbocycles. The van der Waals surface area contributed by atoms with Crippen LogP contribution in [0.4, 0.5) is 10.1 Å². The van der Waals surface area contributed by atoms with Crippen molar-refractivity contribution in [1.82, 2.24) is 0 Å². The number of benzene rings is 3. The Hall–Kier alpha value is -1.66. The normalized spacial score (nSPS) is 11.6. The first-order valence-corrected chi connectivity index (χ1v) is 12.4. The van der Waals surface area contributed by atoms with Crippen LogP contribution in [0.15, 0.2) is 60.7 Å². The van der Waals surface area contributed by atoms with Gasteiger partial charge < -0.3 is 0 Å². The van der Waals surface area contributed by atoms with Crippen LogP contribution in [0.1, 0.15) is 6.42 Å². The molecule has 4 heteroatoms. The van der Waals surface area contributed by atoms with Crippen molar-refractivity contribution in [3.63, 3.8) is 0 Å². The van der Waals surface area contributed by atoms with Crippen LogP contribution in [0, 0.1) is 3.57 Å². The topological polar surface area (TPSA) is 21.3 Å². The van der Waals surface area contributed by atoms with Crippen LogP contribution < -0.4 is 5.32 Å². The van der Waals surface area contributed by atoms with E-state index in [2.05, 4.69) is 70.9 Å². The van der Waals surface area contributed by atoms with Gasteiger partial charge in [-0.2, -0.15) is 0 Å². The van der Waals surface area contributed by atoms with Crippen LogP contribution in [0.3, 0.4) is 0 Å². The van der Waals surface area contributed by atoms with Crippen LogP contribution in [0.5, 0.6) is 0 Å². The second-order valence-corrected chi connectivity index (χ2v) is 10.1. The van der Waals surface area contributed by atoms with Gasteiger partial charge in [-0.3, -0.25) is 0 Å². The van der Waals surface area contributed by atoms with E-state index in [0.29, 0.717) is 13.0 Å². The summed E-state index contributed by atoms with van der Waals surface area (Å²) in [6.45, 7) is 0.219. The Morgan fingerprint density at radius 1 is 0.920 bits per heavy atom. The fourth-order valence-electron chi connectivity index (χ4n) is 2.68. The van der Waals surface area contributed by atoms with E-state index in [-0.39, 0.29) is 6.67 Å². The van der Waals surface area contributed by atoms with Crippen molar-refractivity contribution in [2.24, 2.45) is 0 Å². The third-order valence-electron chi connectivity index (χ3n) is 4.14. The molecule has 3 rings (SSSR count). The molecule has 0 fully saturated rings. The Kier molecular flexibility index (Phi) is 6.26. The number of rotatable bonds is 7. The average Bonchev–Trinajstić information content (AvgIpc) is 2.67. The molecule has 3 aromatic rings. The van der Waals surface area contributed by atoms with Gasteiger partial charge in [-0.05, 0) is 0 Å². The molecule has 0 heterocycles. The fourth-order valence-corrected chi connectivity index (χ4v) is 5.47. The molecule has 132 valence electrons. The van der Waals surface area contributed by atoms with Gasteiger partial charge >= 0.3 is 157 Å². The third kappa shape index (κ3) is 4.50. The Morgan fingerprint density at radius 2 is 1.60 bits per heavy atom. The summed E-state index contributed by atoms with van der Waals surface area (Å²) in [5.41, 5.74) is 3.54. The second kappa shape index (κ2) is 8.63. The Labute approximate surface area is 156 Å². The van der Waals surface area contributed by atoms with Crippen LogP contribution in [0.2, 0.25) is 0 Å². The van der Waals surface area contributed by atoms with Crippen molar-refractivity contribution in [3.05, 3.63) is 64.2 Å². The van der Waals surface area contributed by atoms with Crippen LogP contribution in [-0.2, 0) is 3.07 Å². The molecule has 0 aromatic heterocycles. The van der Waals surface area contributed by atoms with E-state index >= 15 is 0 Å². The van der Waals surface area contributed by atoms with E-state index in [1.165, 1.54) is 25.5 Å². The Morgan fingerprint density at radius 3 is 2.32 bits per heavy atom. The van der Waals surface area contributed by atoms with Gasteiger partial charge in [-0.15, -0.1) is 0 Å². The maximum atomic E-state index is 12.2. The van der Waals surface area contributed by atoms with E-state index in [9.17, 15) is 4.39 Å². The molecule has 0 spiro atoms. The standard InChI is InChI=1S/C21H23FINO/c1-23(25-13-3-12-22)20-9-6-18-14-17(4-5-19(18)15-20)16-7-10-21(24-2)11-8-16/h4-11,14-15,24H,3,12-13H2,1-2H3. The van der Waals surface area contributed by atoms with Gasteiger partial charge in [0.05, 0.1) is 0 Å². The molecular formula is C21H23FINO. The second-order valence-electron chi connectivity index (χ2n) is 5.81. The van der Waals surface area contributed by atoms with E-state index in [1.807, 2.05) is 7.05 Å². The monoisotopic (exact) mass is 451 g/mol. The van der Waals surface area contributed by atoms with Crippen LogP contribution in [-0.4, -0.2) is 25.3 Å². The number of halogens is 2. The molecule has 0 radical (unpaired) electrons. The number of hydrogen-bond donors (Lipinski definition) is 1. The zero-order valence-corrected chi connectivity index (χ0v) is 16.7. The first kappa shape index (κ1) is 18.1. The summed E-state index contributed by atoms with van der Waals surface area (Å²) in [5.74, 6) is 0. The minimum atomic E-state index is -1.64. The average molecular weight is 451 g/mol. The van der Waals surface area contributed by atoms with Crippen molar-refractivity contribution in [2.45, 2.75) is 6.42 Å². The van der Waals surface area contributed by atoms with Gasteiger partial charge in [0.25, 0.3) is 0 Å². The molecule has 0 saturated heterocycles. The molecule has 0 amide bonds. The number of hydrogen-bond acceptors (Lipinski definition) is 2. The summed E-state index contributed by atoms with van der Waals surface area (Å²) in [5, 5.41) is 5.60. The summed E-state index contributed by atoms with van der Waals surface area (Å²) < 4.78 is 19.3. The molecule has 2 nitrogen and oxygen atoms in total. The number of anilines is 1. The van der Waals surface area contributed by atoms with Crippen molar-refractivity contribution >= 4 is 36.7 Å². The summed E-state index contributed by atoms with van der Waals surface area (Å²) in [6, 6.07) is 21.6. The minimum absolute atomic E-state index is 0.306. The summed E-state index contributed by atoms with van der Waals surface area (Å²) in [7, 11) is 1.93.